The number of sulfone groups is 1. The molecule has 0 amide bonds. The fraction of sp³-hybridized carbons (Fsp3) is 0.357. The van der Waals surface area contributed by atoms with Crippen molar-refractivity contribution >= 4 is 9.84 Å². The zero-order valence-corrected chi connectivity index (χ0v) is 12.7. The van der Waals surface area contributed by atoms with Crippen LogP contribution in [0.1, 0.15) is 24.2 Å². The van der Waals surface area contributed by atoms with Gasteiger partial charge in [0.15, 0.2) is 9.84 Å². The second-order valence-corrected chi connectivity index (χ2v) is 6.91. The molecule has 1 unspecified atom stereocenters. The van der Waals surface area contributed by atoms with Crippen molar-refractivity contribution in [3.05, 3.63) is 47.8 Å². The average Bonchev–Trinajstić information content (AvgIpc) is 2.82. The number of nitrogens with one attached hydrogen (secondary N) is 1. The molecule has 0 saturated carbocycles. The maximum atomic E-state index is 11.4. The lowest BCUT2D eigenvalue weighted by atomic mass is 10.2. The minimum Gasteiger partial charge on any atom is -0.305 e. The summed E-state index contributed by atoms with van der Waals surface area (Å²) >= 11 is 0. The molecule has 5 nitrogen and oxygen atoms in total. The molecule has 0 radical (unpaired) electrons. The molecular formula is C14H19N3O2S. The van der Waals surface area contributed by atoms with Gasteiger partial charge in [0.1, 0.15) is 0 Å². The van der Waals surface area contributed by atoms with Gasteiger partial charge in [-0.3, -0.25) is 4.68 Å². The van der Waals surface area contributed by atoms with Crippen LogP contribution in [0.25, 0.3) is 0 Å². The lowest BCUT2D eigenvalue weighted by Gasteiger charge is -2.14. The second-order valence-electron chi connectivity index (χ2n) is 4.90. The molecule has 1 heterocycles. The first-order valence-electron chi connectivity index (χ1n) is 6.38. The Morgan fingerprint density at radius 3 is 2.40 bits per heavy atom. The van der Waals surface area contributed by atoms with Crippen molar-refractivity contribution in [2.24, 2.45) is 7.05 Å². The second kappa shape index (κ2) is 5.76. The summed E-state index contributed by atoms with van der Waals surface area (Å²) in [6.45, 7) is 2.75. The SMILES string of the molecule is CC(NCc1ccc(S(C)(=O)=O)cc1)c1ccnn1C. The van der Waals surface area contributed by atoms with Crippen molar-refractivity contribution in [2.75, 3.05) is 6.26 Å². The van der Waals surface area contributed by atoms with E-state index in [1.54, 1.807) is 18.3 Å². The van der Waals surface area contributed by atoms with Crippen molar-refractivity contribution in [1.29, 1.82) is 0 Å². The molecule has 20 heavy (non-hydrogen) atoms. The van der Waals surface area contributed by atoms with E-state index in [0.717, 1.165) is 11.3 Å². The molecule has 2 rings (SSSR count). The number of benzene rings is 1. The number of hydrogen-bond donors (Lipinski definition) is 1. The van der Waals surface area contributed by atoms with E-state index in [2.05, 4.69) is 17.3 Å². The first-order chi connectivity index (χ1) is 9.38. The van der Waals surface area contributed by atoms with Crippen LogP contribution in [0.4, 0.5) is 0 Å². The van der Waals surface area contributed by atoms with Gasteiger partial charge in [0.05, 0.1) is 10.6 Å². The predicted octanol–water partition coefficient (Wildman–Crippen LogP) is 1.67. The van der Waals surface area contributed by atoms with Gasteiger partial charge in [-0.1, -0.05) is 12.1 Å². The summed E-state index contributed by atoms with van der Waals surface area (Å²) in [5, 5.41) is 7.53. The zero-order chi connectivity index (χ0) is 14.8. The zero-order valence-electron chi connectivity index (χ0n) is 11.9. The molecule has 1 N–H and O–H groups in total. The van der Waals surface area contributed by atoms with Gasteiger partial charge in [-0.05, 0) is 30.7 Å². The maximum Gasteiger partial charge on any atom is 0.175 e. The number of rotatable bonds is 5. The largest absolute Gasteiger partial charge is 0.305 e. The summed E-state index contributed by atoms with van der Waals surface area (Å²) in [4.78, 5) is 0.348. The van der Waals surface area contributed by atoms with Gasteiger partial charge >= 0.3 is 0 Å². The van der Waals surface area contributed by atoms with Gasteiger partial charge in [-0.2, -0.15) is 5.10 Å². The van der Waals surface area contributed by atoms with Crippen molar-refractivity contribution in [1.82, 2.24) is 15.1 Å². The summed E-state index contributed by atoms with van der Waals surface area (Å²) in [5.74, 6) is 0. The van der Waals surface area contributed by atoms with Crippen LogP contribution in [0, 0.1) is 0 Å². The van der Waals surface area contributed by atoms with Gasteiger partial charge in [-0.15, -0.1) is 0 Å². The third-order valence-corrected chi connectivity index (χ3v) is 4.39. The fourth-order valence-corrected chi connectivity index (χ4v) is 2.67. The molecule has 0 aliphatic heterocycles. The van der Waals surface area contributed by atoms with E-state index in [0.29, 0.717) is 11.4 Å². The molecule has 0 aliphatic rings. The summed E-state index contributed by atoms with van der Waals surface area (Å²) in [6.07, 6.45) is 2.99. The van der Waals surface area contributed by atoms with Crippen molar-refractivity contribution in [3.8, 4) is 0 Å². The van der Waals surface area contributed by atoms with Gasteiger partial charge in [-0.25, -0.2) is 8.42 Å². The van der Waals surface area contributed by atoms with Crippen LogP contribution in [-0.2, 0) is 23.4 Å². The first kappa shape index (κ1) is 14.7. The lowest BCUT2D eigenvalue weighted by molar-refractivity contribution is 0.529. The molecular weight excluding hydrogens is 274 g/mol. The Balaban J connectivity index is 2.00. The predicted molar refractivity (Wildman–Crippen MR) is 78.0 cm³/mol. The molecule has 2 aromatic rings. The van der Waals surface area contributed by atoms with Crippen LogP contribution in [0.3, 0.4) is 0 Å². The third-order valence-electron chi connectivity index (χ3n) is 3.27. The molecule has 0 aliphatic carbocycles. The number of hydrogen-bond acceptors (Lipinski definition) is 4. The third kappa shape index (κ3) is 3.46. The highest BCUT2D eigenvalue weighted by molar-refractivity contribution is 7.90. The minimum atomic E-state index is -3.12. The van der Waals surface area contributed by atoms with E-state index in [4.69, 9.17) is 0 Å². The minimum absolute atomic E-state index is 0.178. The Kier molecular flexibility index (Phi) is 4.25. The Morgan fingerprint density at radius 1 is 1.25 bits per heavy atom. The summed E-state index contributed by atoms with van der Waals surface area (Å²) in [7, 11) is -1.21. The molecule has 1 aromatic heterocycles. The number of aromatic nitrogens is 2. The van der Waals surface area contributed by atoms with Crippen LogP contribution >= 0.6 is 0 Å². The smallest absolute Gasteiger partial charge is 0.175 e. The van der Waals surface area contributed by atoms with Crippen LogP contribution in [0.2, 0.25) is 0 Å². The molecule has 1 aromatic carbocycles. The molecule has 0 bridgehead atoms. The summed E-state index contributed by atoms with van der Waals surface area (Å²) in [6, 6.07) is 9.10. The Bertz CT molecular complexity index is 675. The Labute approximate surface area is 119 Å². The fourth-order valence-electron chi connectivity index (χ4n) is 2.04. The summed E-state index contributed by atoms with van der Waals surface area (Å²) in [5.41, 5.74) is 2.16. The first-order valence-corrected chi connectivity index (χ1v) is 8.27. The quantitative estimate of drug-likeness (QED) is 0.911. The van der Waals surface area contributed by atoms with E-state index in [1.165, 1.54) is 6.26 Å². The molecule has 1 atom stereocenters. The molecule has 0 saturated heterocycles. The van der Waals surface area contributed by atoms with E-state index in [1.807, 2.05) is 29.9 Å². The highest BCUT2D eigenvalue weighted by atomic mass is 32.2. The van der Waals surface area contributed by atoms with E-state index < -0.39 is 9.84 Å². The van der Waals surface area contributed by atoms with Crippen LogP contribution < -0.4 is 5.32 Å². The highest BCUT2D eigenvalue weighted by Crippen LogP contribution is 2.13. The van der Waals surface area contributed by atoms with Gasteiger partial charge in [0.2, 0.25) is 0 Å². The summed E-state index contributed by atoms with van der Waals surface area (Å²) < 4.78 is 24.6. The van der Waals surface area contributed by atoms with Crippen molar-refractivity contribution < 1.29 is 8.42 Å². The molecule has 0 fully saturated rings. The highest BCUT2D eigenvalue weighted by Gasteiger charge is 2.09. The van der Waals surface area contributed by atoms with Gasteiger partial charge in [0.25, 0.3) is 0 Å². The standard InChI is InChI=1S/C14H19N3O2S/c1-11(14-8-9-16-17(14)2)15-10-12-4-6-13(7-5-12)20(3,18)19/h4-9,11,15H,10H2,1-3H3. The van der Waals surface area contributed by atoms with Crippen molar-refractivity contribution in [3.63, 3.8) is 0 Å². The lowest BCUT2D eigenvalue weighted by Crippen LogP contribution is -2.20. The topological polar surface area (TPSA) is 64.0 Å². The maximum absolute atomic E-state index is 11.4. The Morgan fingerprint density at radius 2 is 1.90 bits per heavy atom. The average molecular weight is 293 g/mol. The van der Waals surface area contributed by atoms with Crippen LogP contribution in [0.15, 0.2) is 41.4 Å². The monoisotopic (exact) mass is 293 g/mol. The van der Waals surface area contributed by atoms with Crippen LogP contribution in [-0.4, -0.2) is 24.5 Å². The Hall–Kier alpha value is -1.66. The van der Waals surface area contributed by atoms with E-state index >= 15 is 0 Å². The molecule has 6 heteroatoms. The molecule has 108 valence electrons. The van der Waals surface area contributed by atoms with Crippen LogP contribution in [0.5, 0.6) is 0 Å². The van der Waals surface area contributed by atoms with E-state index in [-0.39, 0.29) is 6.04 Å². The van der Waals surface area contributed by atoms with Gasteiger partial charge < -0.3 is 5.32 Å². The van der Waals surface area contributed by atoms with Gasteiger partial charge in [0, 0.05) is 32.1 Å². The number of nitrogens with zero attached hydrogens (tertiary/aromatic N) is 2. The number of aryl methyl sites for hydroxylation is 1. The van der Waals surface area contributed by atoms with E-state index in [9.17, 15) is 8.42 Å². The normalized spacial score (nSPS) is 13.3. The van der Waals surface area contributed by atoms with Crippen molar-refractivity contribution in [2.45, 2.75) is 24.4 Å². The molecule has 0 spiro atoms.